The van der Waals surface area contributed by atoms with Gasteiger partial charge in [-0.1, -0.05) is 128 Å². The van der Waals surface area contributed by atoms with E-state index in [0.717, 1.165) is 12.8 Å². The monoisotopic (exact) mass is 595 g/mol. The van der Waals surface area contributed by atoms with Crippen LogP contribution < -0.4 is 9.47 Å². The van der Waals surface area contributed by atoms with Crippen LogP contribution in [0.15, 0.2) is 48.5 Å². The van der Waals surface area contributed by atoms with Crippen molar-refractivity contribution < 1.29 is 47.4 Å². The number of unbranched alkanes of at least 4 members (excludes halogenated alkanes) is 14. The largest absolute Gasteiger partial charge is 0.504 e. The minimum absolute atomic E-state index is 0. The molecule has 229 valence electrons. The summed E-state index contributed by atoms with van der Waals surface area (Å²) < 4.78 is 11.1. The first-order valence-electron chi connectivity index (χ1n) is 14.5. The molecule has 0 aromatic heterocycles. The molecule has 0 aliphatic carbocycles. The van der Waals surface area contributed by atoms with Gasteiger partial charge >= 0.3 is 0 Å². The fourth-order valence-electron chi connectivity index (χ4n) is 3.99. The van der Waals surface area contributed by atoms with Crippen LogP contribution in [0.25, 0.3) is 0 Å². The Morgan fingerprint density at radius 1 is 0.462 bits per heavy atom. The van der Waals surface area contributed by atoms with Crippen LogP contribution in [0.4, 0.5) is 0 Å². The number of hydrogen-bond acceptors (Lipinski definition) is 4. The maximum Gasteiger partial charge on any atom is 0.160 e. The van der Waals surface area contributed by atoms with Gasteiger partial charge in [-0.25, -0.2) is 0 Å². The molecule has 39 heavy (non-hydrogen) atoms. The van der Waals surface area contributed by atoms with Gasteiger partial charge in [0.25, 0.3) is 0 Å². The van der Waals surface area contributed by atoms with Crippen molar-refractivity contribution in [1.29, 1.82) is 0 Å². The molecular formula is C32H56CoO6. The Hall–Kier alpha value is -1.93. The molecule has 6 N–H and O–H groups in total. The van der Waals surface area contributed by atoms with Crippen LogP contribution in [0, 0.1) is 0 Å². The maximum atomic E-state index is 9.51. The fourth-order valence-corrected chi connectivity index (χ4v) is 3.99. The standard InChI is InChI=1S/2C16H26O2.Co.2H2O/c2*1-2-3-4-5-6-7-8-11-14-18-16-13-10-9-12-15(16)17;;;/h2*9-10,12-13,17H,2-8,11,14H2,1H3;;2*1H2. The first-order chi connectivity index (χ1) is 17.7. The van der Waals surface area contributed by atoms with Crippen LogP contribution in [0.3, 0.4) is 0 Å². The van der Waals surface area contributed by atoms with Gasteiger partial charge in [0.15, 0.2) is 23.0 Å². The van der Waals surface area contributed by atoms with Crippen LogP contribution >= 0.6 is 0 Å². The summed E-state index contributed by atoms with van der Waals surface area (Å²) in [6.45, 7) is 5.89. The maximum absolute atomic E-state index is 9.51. The zero-order valence-corrected chi connectivity index (χ0v) is 25.4. The number of aromatic hydroxyl groups is 2. The van der Waals surface area contributed by atoms with E-state index in [1.54, 1.807) is 36.4 Å². The molecule has 2 aromatic rings. The Kier molecular flexibility index (Phi) is 32.6. The van der Waals surface area contributed by atoms with Gasteiger partial charge in [0.1, 0.15) is 0 Å². The molecule has 0 atom stereocenters. The number of hydrogen-bond donors (Lipinski definition) is 2. The summed E-state index contributed by atoms with van der Waals surface area (Å²) >= 11 is 0. The van der Waals surface area contributed by atoms with Gasteiger partial charge in [-0.2, -0.15) is 0 Å². The average Bonchev–Trinajstić information content (AvgIpc) is 2.89. The summed E-state index contributed by atoms with van der Waals surface area (Å²) in [4.78, 5) is 0. The van der Waals surface area contributed by atoms with Crippen LogP contribution in [-0.2, 0) is 16.8 Å². The first-order valence-corrected chi connectivity index (χ1v) is 14.5. The second kappa shape index (κ2) is 30.6. The molecule has 0 aliphatic heterocycles. The van der Waals surface area contributed by atoms with Crippen LogP contribution in [-0.4, -0.2) is 34.4 Å². The summed E-state index contributed by atoms with van der Waals surface area (Å²) in [6, 6.07) is 14.3. The van der Waals surface area contributed by atoms with E-state index in [1.807, 2.05) is 12.1 Å². The summed E-state index contributed by atoms with van der Waals surface area (Å²) in [6.07, 6.45) is 20.7. The zero-order valence-electron chi connectivity index (χ0n) is 24.4. The molecule has 2 rings (SSSR count). The zero-order chi connectivity index (χ0) is 26.1. The minimum Gasteiger partial charge on any atom is -0.504 e. The molecule has 6 nitrogen and oxygen atoms in total. The van der Waals surface area contributed by atoms with E-state index in [0.29, 0.717) is 24.7 Å². The summed E-state index contributed by atoms with van der Waals surface area (Å²) in [7, 11) is 0. The Morgan fingerprint density at radius 2 is 0.744 bits per heavy atom. The van der Waals surface area contributed by atoms with Crippen molar-refractivity contribution in [3.8, 4) is 23.0 Å². The van der Waals surface area contributed by atoms with Crippen molar-refractivity contribution in [2.24, 2.45) is 0 Å². The molecule has 0 unspecified atom stereocenters. The number of para-hydroxylation sites is 4. The molecule has 0 saturated heterocycles. The quantitative estimate of drug-likeness (QED) is 0.150. The molecule has 0 heterocycles. The third kappa shape index (κ3) is 23.7. The van der Waals surface area contributed by atoms with Gasteiger partial charge < -0.3 is 30.6 Å². The van der Waals surface area contributed by atoms with Crippen molar-refractivity contribution in [2.75, 3.05) is 13.2 Å². The van der Waals surface area contributed by atoms with Gasteiger partial charge in [0.2, 0.25) is 0 Å². The van der Waals surface area contributed by atoms with Gasteiger partial charge in [-0.3, -0.25) is 0 Å². The number of rotatable bonds is 20. The number of phenolic OH excluding ortho intramolecular Hbond substituents is 2. The van der Waals surface area contributed by atoms with E-state index in [1.165, 1.54) is 89.9 Å². The molecule has 1 radical (unpaired) electrons. The van der Waals surface area contributed by atoms with Crippen molar-refractivity contribution in [2.45, 2.75) is 117 Å². The van der Waals surface area contributed by atoms with Crippen LogP contribution in [0.5, 0.6) is 23.0 Å². The first kappa shape index (κ1) is 41.5. The molecule has 0 fully saturated rings. The Morgan fingerprint density at radius 3 is 1.05 bits per heavy atom. The number of benzene rings is 2. The second-order valence-electron chi connectivity index (χ2n) is 9.58. The summed E-state index contributed by atoms with van der Waals surface area (Å²) in [5, 5.41) is 19.0. The molecule has 0 bridgehead atoms. The predicted octanol–water partition coefficient (Wildman–Crippen LogP) is 8.17. The molecule has 0 spiro atoms. The molecule has 2 aromatic carbocycles. The van der Waals surface area contributed by atoms with Gasteiger partial charge in [0.05, 0.1) is 13.2 Å². The third-order valence-electron chi connectivity index (χ3n) is 6.24. The molecule has 0 saturated carbocycles. The topological polar surface area (TPSA) is 122 Å². The number of ether oxygens (including phenoxy) is 2. The Bertz CT molecular complexity index is 695. The van der Waals surface area contributed by atoms with Crippen LogP contribution in [0.2, 0.25) is 0 Å². The SMILES string of the molecule is CCCCCCCCCCOc1ccccc1O.CCCCCCCCCCOc1ccccc1O.O.O.[Co]. The third-order valence-corrected chi connectivity index (χ3v) is 6.24. The van der Waals surface area contributed by atoms with E-state index < -0.39 is 0 Å². The van der Waals surface area contributed by atoms with Gasteiger partial charge in [0, 0.05) is 16.8 Å². The van der Waals surface area contributed by atoms with Crippen molar-refractivity contribution in [3.63, 3.8) is 0 Å². The van der Waals surface area contributed by atoms with Crippen LogP contribution in [0.1, 0.15) is 117 Å². The van der Waals surface area contributed by atoms with E-state index in [-0.39, 0.29) is 39.2 Å². The van der Waals surface area contributed by atoms with E-state index in [9.17, 15) is 10.2 Å². The average molecular weight is 596 g/mol. The summed E-state index contributed by atoms with van der Waals surface area (Å²) in [5.41, 5.74) is 0. The van der Waals surface area contributed by atoms with Crippen molar-refractivity contribution in [1.82, 2.24) is 0 Å². The van der Waals surface area contributed by atoms with Crippen molar-refractivity contribution in [3.05, 3.63) is 48.5 Å². The molecule has 0 aliphatic rings. The minimum atomic E-state index is 0. The van der Waals surface area contributed by atoms with E-state index in [2.05, 4.69) is 13.8 Å². The fraction of sp³-hybridized carbons (Fsp3) is 0.625. The normalized spacial score (nSPS) is 9.69. The van der Waals surface area contributed by atoms with Crippen molar-refractivity contribution >= 4 is 0 Å². The predicted molar refractivity (Wildman–Crippen MR) is 160 cm³/mol. The second-order valence-corrected chi connectivity index (χ2v) is 9.58. The molecule has 0 amide bonds. The number of phenols is 2. The van der Waals surface area contributed by atoms with E-state index in [4.69, 9.17) is 9.47 Å². The summed E-state index contributed by atoms with van der Waals surface area (Å²) in [5.74, 6) is 1.66. The molecule has 7 heteroatoms. The smallest absolute Gasteiger partial charge is 0.160 e. The Balaban J connectivity index is -0.000000617. The van der Waals surface area contributed by atoms with Gasteiger partial charge in [-0.05, 0) is 37.1 Å². The van der Waals surface area contributed by atoms with E-state index >= 15 is 0 Å². The Labute approximate surface area is 248 Å². The molecular weight excluding hydrogens is 539 g/mol. The van der Waals surface area contributed by atoms with Gasteiger partial charge in [-0.15, -0.1) is 0 Å².